The van der Waals surface area contributed by atoms with Gasteiger partial charge in [-0.1, -0.05) is 11.3 Å². The van der Waals surface area contributed by atoms with Gasteiger partial charge < -0.3 is 4.55 Å². The minimum Gasteiger partial charge on any atom is -0.313 e. The molecule has 6 heteroatoms. The molecule has 0 fully saturated rings. The van der Waals surface area contributed by atoms with Gasteiger partial charge in [-0.3, -0.25) is 0 Å². The molecule has 56 valence electrons. The number of hydrogen-bond acceptors (Lipinski definition) is 4. The largest absolute Gasteiger partial charge is 0.313 e. The van der Waals surface area contributed by atoms with Crippen LogP contribution in [0.2, 0.25) is 0 Å². The first-order valence-electron chi connectivity index (χ1n) is 2.40. The molecule has 0 amide bonds. The zero-order valence-electron chi connectivity index (χ0n) is 5.22. The van der Waals surface area contributed by atoms with Crippen molar-refractivity contribution in [1.29, 1.82) is 0 Å². The first-order chi connectivity index (χ1) is 4.58. The van der Waals surface area contributed by atoms with Gasteiger partial charge in [0, 0.05) is 6.26 Å². The molecule has 1 rings (SSSR count). The molecule has 0 bridgehead atoms. The molecule has 0 aromatic carbocycles. The Morgan fingerprint density at radius 1 is 1.90 bits per heavy atom. The molecule has 0 aliphatic rings. The van der Waals surface area contributed by atoms with E-state index in [0.29, 0.717) is 5.01 Å². The Labute approximate surface area is 62.8 Å². The summed E-state index contributed by atoms with van der Waals surface area (Å²) < 4.78 is 19.5. The van der Waals surface area contributed by atoms with Crippen molar-refractivity contribution in [3.63, 3.8) is 0 Å². The molecule has 1 aromatic heterocycles. The molecule has 0 saturated carbocycles. The van der Waals surface area contributed by atoms with Crippen LogP contribution in [0.25, 0.3) is 0 Å². The average molecular weight is 178 g/mol. The maximum atomic E-state index is 10.7. The van der Waals surface area contributed by atoms with Crippen LogP contribution >= 0.6 is 11.3 Å². The van der Waals surface area contributed by atoms with Crippen LogP contribution in [0, 0.1) is 0 Å². The molecular weight excluding hydrogens is 172 g/mol. The summed E-state index contributed by atoms with van der Waals surface area (Å²) in [6.45, 7) is 0. The highest BCUT2D eigenvalue weighted by molar-refractivity contribution is 7.95. The van der Waals surface area contributed by atoms with E-state index in [1.807, 2.05) is 0 Å². The molecule has 1 heterocycles. The number of aromatic nitrogens is 2. The van der Waals surface area contributed by atoms with E-state index >= 15 is 0 Å². The van der Waals surface area contributed by atoms with Gasteiger partial charge >= 0.3 is 0 Å². The second-order valence-electron chi connectivity index (χ2n) is 1.76. The Morgan fingerprint density at radius 2 is 2.60 bits per heavy atom. The Bertz CT molecular complexity index is 302. The first-order valence-corrected chi connectivity index (χ1v) is 5.27. The molecular formula is C4H6N2O2S2. The number of hydrogen-bond donors (Lipinski definition) is 1. The van der Waals surface area contributed by atoms with Gasteiger partial charge in [-0.25, -0.2) is 4.21 Å². The third kappa shape index (κ3) is 2.42. The maximum absolute atomic E-state index is 10.7. The highest BCUT2D eigenvalue weighted by Crippen LogP contribution is 1.97. The summed E-state index contributed by atoms with van der Waals surface area (Å²) in [6.07, 6.45) is 1.23. The lowest BCUT2D eigenvalue weighted by molar-refractivity contribution is 0.566. The summed E-state index contributed by atoms with van der Waals surface area (Å²) >= 11 is 1.23. The van der Waals surface area contributed by atoms with E-state index in [2.05, 4.69) is 10.2 Å². The van der Waals surface area contributed by atoms with Gasteiger partial charge in [0.1, 0.15) is 10.5 Å². The van der Waals surface area contributed by atoms with E-state index in [1.165, 1.54) is 28.5 Å². The molecule has 0 aliphatic carbocycles. The molecule has 4 nitrogen and oxygen atoms in total. The van der Waals surface area contributed by atoms with Crippen molar-refractivity contribution in [2.75, 3.05) is 6.26 Å². The molecule has 1 atom stereocenters. The van der Waals surface area contributed by atoms with Gasteiger partial charge in [-0.05, 0) is 0 Å². The Balaban J connectivity index is 3.04. The minimum absolute atomic E-state index is 0.481. The summed E-state index contributed by atoms with van der Waals surface area (Å²) in [5, 5.41) is 8.76. The normalized spacial score (nSPS) is 16.2. The standard InChI is InChI=1S/C4H6N2O2S2/c1-10(7,8)2-4-6-5-3-9-4/h2-3H,1H3,(H,7,8). The van der Waals surface area contributed by atoms with Crippen LogP contribution in [0.4, 0.5) is 0 Å². The minimum atomic E-state index is -2.81. The van der Waals surface area contributed by atoms with Crippen molar-refractivity contribution in [3.8, 4) is 0 Å². The van der Waals surface area contributed by atoms with Crippen molar-refractivity contribution < 1.29 is 8.76 Å². The third-order valence-electron chi connectivity index (χ3n) is 0.696. The zero-order chi connectivity index (χ0) is 7.61. The summed E-state index contributed by atoms with van der Waals surface area (Å²) in [5.74, 6) is 0. The van der Waals surface area contributed by atoms with E-state index < -0.39 is 9.80 Å². The van der Waals surface area contributed by atoms with E-state index in [0.717, 1.165) is 0 Å². The molecule has 1 N–H and O–H groups in total. The third-order valence-corrected chi connectivity index (χ3v) is 2.15. The molecule has 0 saturated heterocycles. The Kier molecular flexibility index (Phi) is 2.02. The lowest BCUT2D eigenvalue weighted by atomic mass is 10.9. The number of rotatable bonds is 1. The van der Waals surface area contributed by atoms with Gasteiger partial charge in [0.2, 0.25) is 0 Å². The van der Waals surface area contributed by atoms with Gasteiger partial charge in [0.05, 0.1) is 15.2 Å². The van der Waals surface area contributed by atoms with E-state index in [9.17, 15) is 4.21 Å². The fraction of sp³-hybridized carbons (Fsp3) is 0.250. The quantitative estimate of drug-likeness (QED) is 0.618. The van der Waals surface area contributed by atoms with Gasteiger partial charge in [0.25, 0.3) is 0 Å². The monoisotopic (exact) mass is 178 g/mol. The fourth-order valence-electron chi connectivity index (χ4n) is 0.420. The predicted octanol–water partition coefficient (Wildman–Crippen LogP) is 0.0756. The van der Waals surface area contributed by atoms with E-state index in [1.54, 1.807) is 0 Å². The second-order valence-corrected chi connectivity index (χ2v) is 4.58. The van der Waals surface area contributed by atoms with Crippen LogP contribution in [0.5, 0.6) is 0 Å². The van der Waals surface area contributed by atoms with Crippen LogP contribution in [0.3, 0.4) is 0 Å². The fourth-order valence-corrected chi connectivity index (χ4v) is 1.90. The summed E-state index contributed by atoms with van der Waals surface area (Å²) in [7, 11) is -2.81. The summed E-state index contributed by atoms with van der Waals surface area (Å²) in [6, 6.07) is 0. The highest BCUT2D eigenvalue weighted by atomic mass is 32.2. The van der Waals surface area contributed by atoms with Crippen LogP contribution in [-0.2, 0) is 9.80 Å². The van der Waals surface area contributed by atoms with E-state index in [4.69, 9.17) is 4.55 Å². The molecule has 10 heavy (non-hydrogen) atoms. The van der Waals surface area contributed by atoms with Crippen molar-refractivity contribution in [3.05, 3.63) is 10.5 Å². The smallest absolute Gasteiger partial charge is 0.150 e. The van der Waals surface area contributed by atoms with Gasteiger partial charge in [-0.2, -0.15) is 0 Å². The molecule has 0 aliphatic heterocycles. The Morgan fingerprint density at radius 3 is 3.00 bits per heavy atom. The summed E-state index contributed by atoms with van der Waals surface area (Å²) in [4.78, 5) is 0. The van der Waals surface area contributed by atoms with Crippen LogP contribution in [0.1, 0.15) is 5.01 Å². The topological polar surface area (TPSA) is 63.1 Å². The van der Waals surface area contributed by atoms with Gasteiger partial charge in [-0.15, -0.1) is 10.2 Å². The second kappa shape index (κ2) is 2.65. The Hall–Kier alpha value is -0.460. The predicted molar refractivity (Wildman–Crippen MR) is 41.8 cm³/mol. The lowest BCUT2D eigenvalue weighted by Crippen LogP contribution is -1.98. The number of nitrogens with zero attached hydrogens (tertiary/aromatic N) is 2. The molecule has 0 radical (unpaired) electrons. The zero-order valence-corrected chi connectivity index (χ0v) is 6.85. The molecule has 1 unspecified atom stereocenters. The van der Waals surface area contributed by atoms with Crippen LogP contribution in [0.15, 0.2) is 5.51 Å². The van der Waals surface area contributed by atoms with Crippen LogP contribution in [-0.4, -0.2) is 30.6 Å². The SMILES string of the molecule is CS(=O)(O)=Cc1nncs1. The lowest BCUT2D eigenvalue weighted by Gasteiger charge is -1.87. The van der Waals surface area contributed by atoms with Crippen molar-refractivity contribution in [2.24, 2.45) is 0 Å². The van der Waals surface area contributed by atoms with E-state index in [-0.39, 0.29) is 0 Å². The molecule has 1 aromatic rings. The van der Waals surface area contributed by atoms with Gasteiger partial charge in [0.15, 0.2) is 0 Å². The highest BCUT2D eigenvalue weighted by Gasteiger charge is 1.95. The maximum Gasteiger partial charge on any atom is 0.150 e. The summed E-state index contributed by atoms with van der Waals surface area (Å²) in [5.41, 5.74) is 1.51. The van der Waals surface area contributed by atoms with Crippen LogP contribution < -0.4 is 0 Å². The van der Waals surface area contributed by atoms with Crippen molar-refractivity contribution in [2.45, 2.75) is 0 Å². The first kappa shape index (κ1) is 7.64. The van der Waals surface area contributed by atoms with Crippen molar-refractivity contribution >= 4 is 26.5 Å². The molecule has 0 spiro atoms. The van der Waals surface area contributed by atoms with Crippen molar-refractivity contribution in [1.82, 2.24) is 10.2 Å². The average Bonchev–Trinajstić information content (AvgIpc) is 2.12.